The maximum atomic E-state index is 13.1. The van der Waals surface area contributed by atoms with Crippen LogP contribution in [0, 0.1) is 5.82 Å². The Kier molecular flexibility index (Phi) is 9.35. The van der Waals surface area contributed by atoms with E-state index < -0.39 is 0 Å². The maximum absolute atomic E-state index is 13.1. The molecular weight excluding hydrogens is 408 g/mol. The van der Waals surface area contributed by atoms with Gasteiger partial charge in [-0.15, -0.1) is 24.0 Å². The Balaban J connectivity index is 0.00000264. The highest BCUT2D eigenvalue weighted by atomic mass is 127. The van der Waals surface area contributed by atoms with Gasteiger partial charge in [-0.05, 0) is 49.6 Å². The zero-order valence-corrected chi connectivity index (χ0v) is 15.5. The third kappa shape index (κ3) is 7.49. The number of nitrogens with zero attached hydrogens (tertiary/aromatic N) is 1. The smallest absolute Gasteiger partial charge is 0.191 e. The molecule has 126 valence electrons. The number of rotatable bonds is 7. The lowest BCUT2D eigenvalue weighted by atomic mass is 10.1. The highest BCUT2D eigenvalue weighted by molar-refractivity contribution is 14.0. The van der Waals surface area contributed by atoms with Crippen LogP contribution in [0.15, 0.2) is 52.1 Å². The summed E-state index contributed by atoms with van der Waals surface area (Å²) in [6, 6.07) is 10.5. The van der Waals surface area contributed by atoms with Crippen LogP contribution in [0.3, 0.4) is 0 Å². The number of hydrogen-bond donors (Lipinski definition) is 2. The summed E-state index contributed by atoms with van der Waals surface area (Å²) in [6.45, 7) is 4.11. The van der Waals surface area contributed by atoms with Crippen LogP contribution in [-0.2, 0) is 13.0 Å². The van der Waals surface area contributed by atoms with Crippen LogP contribution in [0.25, 0.3) is 0 Å². The van der Waals surface area contributed by atoms with E-state index in [9.17, 15) is 4.39 Å². The number of nitrogens with one attached hydrogen (secondary N) is 2. The minimum absolute atomic E-state index is 0. The van der Waals surface area contributed by atoms with Crippen LogP contribution >= 0.6 is 24.0 Å². The van der Waals surface area contributed by atoms with Gasteiger partial charge in [-0.1, -0.05) is 12.1 Å². The van der Waals surface area contributed by atoms with Crippen molar-refractivity contribution >= 4 is 29.9 Å². The lowest BCUT2D eigenvalue weighted by Crippen LogP contribution is -2.37. The number of aryl methyl sites for hydroxylation is 1. The first-order valence-corrected chi connectivity index (χ1v) is 7.57. The highest BCUT2D eigenvalue weighted by Crippen LogP contribution is 2.05. The standard InChI is InChI=1S/C17H22FN3O.HI/c1-2-19-17(21-13-16-9-5-11-22-16)20-10-4-7-14-6-3-8-15(18)12-14;/h3,5-6,8-9,11-12H,2,4,7,10,13H2,1H3,(H2,19,20,21);1H. The summed E-state index contributed by atoms with van der Waals surface area (Å²) in [7, 11) is 0. The monoisotopic (exact) mass is 431 g/mol. The Morgan fingerprint density at radius 1 is 1.22 bits per heavy atom. The summed E-state index contributed by atoms with van der Waals surface area (Å²) in [5.74, 6) is 1.41. The molecule has 2 aromatic rings. The molecule has 0 aliphatic rings. The SMILES string of the molecule is CCNC(=NCc1ccco1)NCCCc1cccc(F)c1.I. The third-order valence-corrected chi connectivity index (χ3v) is 3.14. The summed E-state index contributed by atoms with van der Waals surface area (Å²) in [5, 5.41) is 6.46. The fraction of sp³-hybridized carbons (Fsp3) is 0.353. The number of benzene rings is 1. The second-order valence-corrected chi connectivity index (χ2v) is 4.93. The van der Waals surface area contributed by atoms with Crippen molar-refractivity contribution in [2.24, 2.45) is 4.99 Å². The van der Waals surface area contributed by atoms with Crippen LogP contribution in [0.1, 0.15) is 24.7 Å². The Labute approximate surface area is 153 Å². The summed E-state index contributed by atoms with van der Waals surface area (Å²) in [4.78, 5) is 4.46. The Morgan fingerprint density at radius 3 is 2.78 bits per heavy atom. The molecule has 0 radical (unpaired) electrons. The number of furan rings is 1. The first kappa shape index (κ1) is 19.5. The number of guanidine groups is 1. The largest absolute Gasteiger partial charge is 0.467 e. The Bertz CT molecular complexity index is 587. The fourth-order valence-electron chi connectivity index (χ4n) is 2.09. The zero-order chi connectivity index (χ0) is 15.6. The number of hydrogen-bond acceptors (Lipinski definition) is 2. The summed E-state index contributed by atoms with van der Waals surface area (Å²) in [5.41, 5.74) is 1.01. The molecule has 1 aromatic carbocycles. The lowest BCUT2D eigenvalue weighted by Gasteiger charge is -2.11. The maximum Gasteiger partial charge on any atom is 0.191 e. The van der Waals surface area contributed by atoms with Gasteiger partial charge in [-0.2, -0.15) is 0 Å². The van der Waals surface area contributed by atoms with E-state index in [2.05, 4.69) is 15.6 Å². The molecule has 0 fully saturated rings. The predicted octanol–water partition coefficient (Wildman–Crippen LogP) is 3.72. The van der Waals surface area contributed by atoms with Gasteiger partial charge in [0.1, 0.15) is 18.1 Å². The summed E-state index contributed by atoms with van der Waals surface area (Å²) in [6.07, 6.45) is 3.39. The molecular formula is C17H23FIN3O. The van der Waals surface area contributed by atoms with Crippen molar-refractivity contribution in [2.45, 2.75) is 26.3 Å². The predicted molar refractivity (Wildman–Crippen MR) is 102 cm³/mol. The van der Waals surface area contributed by atoms with Crippen molar-refractivity contribution in [3.8, 4) is 0 Å². The average Bonchev–Trinajstić information content (AvgIpc) is 3.02. The molecule has 0 atom stereocenters. The van der Waals surface area contributed by atoms with E-state index in [1.807, 2.05) is 25.1 Å². The van der Waals surface area contributed by atoms with E-state index in [1.165, 1.54) is 6.07 Å². The first-order valence-electron chi connectivity index (χ1n) is 7.57. The van der Waals surface area contributed by atoms with Gasteiger partial charge in [-0.25, -0.2) is 9.38 Å². The van der Waals surface area contributed by atoms with Crippen molar-refractivity contribution in [1.82, 2.24) is 10.6 Å². The van der Waals surface area contributed by atoms with Crippen molar-refractivity contribution in [3.63, 3.8) is 0 Å². The molecule has 0 aliphatic heterocycles. The van der Waals surface area contributed by atoms with E-state index in [0.717, 1.165) is 43.2 Å². The summed E-state index contributed by atoms with van der Waals surface area (Å²) < 4.78 is 18.3. The molecule has 4 nitrogen and oxygen atoms in total. The fourth-order valence-corrected chi connectivity index (χ4v) is 2.09. The highest BCUT2D eigenvalue weighted by Gasteiger charge is 2.00. The summed E-state index contributed by atoms with van der Waals surface area (Å²) >= 11 is 0. The van der Waals surface area contributed by atoms with E-state index >= 15 is 0 Å². The molecule has 1 aromatic heterocycles. The van der Waals surface area contributed by atoms with Crippen LogP contribution < -0.4 is 10.6 Å². The van der Waals surface area contributed by atoms with Gasteiger partial charge in [0.15, 0.2) is 5.96 Å². The minimum atomic E-state index is -0.182. The van der Waals surface area contributed by atoms with Gasteiger partial charge in [-0.3, -0.25) is 0 Å². The second-order valence-electron chi connectivity index (χ2n) is 4.93. The van der Waals surface area contributed by atoms with Gasteiger partial charge in [0.25, 0.3) is 0 Å². The second kappa shape index (κ2) is 11.0. The topological polar surface area (TPSA) is 49.6 Å². The van der Waals surface area contributed by atoms with Crippen LogP contribution in [0.4, 0.5) is 4.39 Å². The van der Waals surface area contributed by atoms with Crippen LogP contribution in [0.5, 0.6) is 0 Å². The number of aliphatic imine (C=N–C) groups is 1. The molecule has 0 saturated heterocycles. The third-order valence-electron chi connectivity index (χ3n) is 3.14. The Hall–Kier alpha value is -1.57. The lowest BCUT2D eigenvalue weighted by molar-refractivity contribution is 0.512. The van der Waals surface area contributed by atoms with Crippen LogP contribution in [0.2, 0.25) is 0 Å². The average molecular weight is 431 g/mol. The van der Waals surface area contributed by atoms with E-state index in [1.54, 1.807) is 18.4 Å². The van der Waals surface area contributed by atoms with E-state index in [0.29, 0.717) is 6.54 Å². The molecule has 23 heavy (non-hydrogen) atoms. The van der Waals surface area contributed by atoms with Gasteiger partial charge >= 0.3 is 0 Å². The normalized spacial score (nSPS) is 11.0. The molecule has 0 spiro atoms. The van der Waals surface area contributed by atoms with Gasteiger partial charge in [0.2, 0.25) is 0 Å². The molecule has 0 bridgehead atoms. The minimum Gasteiger partial charge on any atom is -0.467 e. The van der Waals surface area contributed by atoms with Gasteiger partial charge < -0.3 is 15.1 Å². The van der Waals surface area contributed by atoms with Crippen LogP contribution in [-0.4, -0.2) is 19.0 Å². The van der Waals surface area contributed by atoms with E-state index in [-0.39, 0.29) is 29.8 Å². The molecule has 1 heterocycles. The van der Waals surface area contributed by atoms with Crippen molar-refractivity contribution in [3.05, 3.63) is 59.8 Å². The molecule has 0 amide bonds. The van der Waals surface area contributed by atoms with Crippen molar-refractivity contribution < 1.29 is 8.81 Å². The Morgan fingerprint density at radius 2 is 2.09 bits per heavy atom. The molecule has 2 N–H and O–H groups in total. The molecule has 0 aliphatic carbocycles. The molecule has 0 saturated carbocycles. The quantitative estimate of drug-likeness (QED) is 0.304. The molecule has 6 heteroatoms. The van der Waals surface area contributed by atoms with Gasteiger partial charge in [0, 0.05) is 13.1 Å². The van der Waals surface area contributed by atoms with Crippen molar-refractivity contribution in [1.29, 1.82) is 0 Å². The molecule has 2 rings (SSSR count). The van der Waals surface area contributed by atoms with Crippen molar-refractivity contribution in [2.75, 3.05) is 13.1 Å². The zero-order valence-electron chi connectivity index (χ0n) is 13.2. The van der Waals surface area contributed by atoms with E-state index in [4.69, 9.17) is 4.42 Å². The molecule has 0 unspecified atom stereocenters. The van der Waals surface area contributed by atoms with Gasteiger partial charge in [0.05, 0.1) is 6.26 Å². The first-order chi connectivity index (χ1) is 10.8. The number of halogens is 2.